The lowest BCUT2D eigenvalue weighted by molar-refractivity contribution is -0.136. The highest BCUT2D eigenvalue weighted by Gasteiger charge is 2.34. The number of ketones is 3. The number of nitrogens with zero attached hydrogens (tertiary/aromatic N) is 2. The van der Waals surface area contributed by atoms with Crippen molar-refractivity contribution in [3.63, 3.8) is 0 Å². The van der Waals surface area contributed by atoms with Crippen LogP contribution >= 0.6 is 0 Å². The summed E-state index contributed by atoms with van der Waals surface area (Å²) in [6.07, 6.45) is 5.22. The van der Waals surface area contributed by atoms with Gasteiger partial charge in [0.25, 0.3) is 0 Å². The molecule has 1 aromatic carbocycles. The van der Waals surface area contributed by atoms with Crippen molar-refractivity contribution in [1.82, 2.24) is 31.2 Å². The van der Waals surface area contributed by atoms with Gasteiger partial charge in [-0.25, -0.2) is 4.98 Å². The molecule has 0 spiro atoms. The average Bonchev–Trinajstić information content (AvgIpc) is 3.76. The van der Waals surface area contributed by atoms with Crippen LogP contribution < -0.4 is 38.5 Å². The van der Waals surface area contributed by atoms with Crippen molar-refractivity contribution in [3.05, 3.63) is 54.1 Å². The highest BCUT2D eigenvalue weighted by molar-refractivity contribution is 5.96. The summed E-state index contributed by atoms with van der Waals surface area (Å²) in [6.45, 7) is 11.4. The van der Waals surface area contributed by atoms with E-state index in [-0.39, 0.29) is 75.8 Å². The molecule has 0 fully saturated rings. The largest absolute Gasteiger partial charge is 0.378 e. The topological polar surface area (TPSA) is 288 Å². The van der Waals surface area contributed by atoms with Crippen LogP contribution in [0.25, 0.3) is 0 Å². The molecule has 0 aliphatic heterocycles. The normalized spacial score (nSPS) is 13.7. The van der Waals surface area contributed by atoms with E-state index in [0.717, 1.165) is 5.56 Å². The fraction of sp³-hybridized carbons (Fsp3) is 0.644. The van der Waals surface area contributed by atoms with Gasteiger partial charge in [-0.05, 0) is 56.6 Å². The number of unbranched alkanes of at least 4 members (excludes halogenated alkanes) is 1. The Morgan fingerprint density at radius 2 is 1.48 bits per heavy atom. The number of aromatic nitrogens is 2. The summed E-state index contributed by atoms with van der Waals surface area (Å²) in [5.41, 5.74) is 18.3. The molecule has 18 nitrogen and oxygen atoms in total. The van der Waals surface area contributed by atoms with Gasteiger partial charge in [-0.2, -0.15) is 0 Å². The van der Waals surface area contributed by atoms with Crippen LogP contribution in [0.1, 0.15) is 97.2 Å². The molecule has 0 aliphatic carbocycles. The maximum Gasteiger partial charge on any atom is 0.246 e. The number of aliphatic imine (C=N–C) groups is 1. The zero-order valence-electron chi connectivity index (χ0n) is 38.0. The highest BCUT2D eigenvalue weighted by atomic mass is 16.5. The fourth-order valence-corrected chi connectivity index (χ4v) is 6.91. The summed E-state index contributed by atoms with van der Waals surface area (Å²) >= 11 is 0. The number of H-pyrrole nitrogens is 1. The van der Waals surface area contributed by atoms with Gasteiger partial charge in [0.15, 0.2) is 23.3 Å². The van der Waals surface area contributed by atoms with E-state index in [1.807, 2.05) is 44.2 Å². The van der Waals surface area contributed by atoms with E-state index in [1.54, 1.807) is 27.0 Å². The minimum absolute atomic E-state index is 0.115. The van der Waals surface area contributed by atoms with Crippen molar-refractivity contribution in [1.29, 1.82) is 0 Å². The van der Waals surface area contributed by atoms with E-state index in [2.05, 4.69) is 36.2 Å². The standard InChI is InChI=1S/C45H74N10O8/c1-6-38(56)37(23-32-13-8-7-9-14-32)54-44(61)34(24-35-27-49-29-52-35)26-40(58)42(30(2)3)55-43(60)33(15-12-18-51-45(47)48)25-39(57)36(16-10-11-17-46)53-41(59)28-63-22-21-62-20-19-50-31(4)5/h7-9,13-14,27,29-31,33-34,36-37,42,50H,6,10-12,15-26,28,46H2,1-5H3,(H,49,52)(H,53,59)(H,54,61)(H,55,60)(H4,47,48,51)/t33-,34-,36+,37+,42+/m1/s1. The summed E-state index contributed by atoms with van der Waals surface area (Å²) in [5, 5.41) is 11.8. The molecule has 2 rings (SSSR count). The Morgan fingerprint density at radius 1 is 0.778 bits per heavy atom. The summed E-state index contributed by atoms with van der Waals surface area (Å²) in [7, 11) is 0. The van der Waals surface area contributed by atoms with Crippen LogP contribution in [-0.2, 0) is 51.1 Å². The molecule has 63 heavy (non-hydrogen) atoms. The number of ether oxygens (including phenoxy) is 2. The van der Waals surface area contributed by atoms with Crippen molar-refractivity contribution in [2.45, 2.75) is 123 Å². The van der Waals surface area contributed by atoms with Crippen LogP contribution in [0.15, 0.2) is 47.8 Å². The van der Waals surface area contributed by atoms with Gasteiger partial charge in [0.1, 0.15) is 6.61 Å². The molecule has 18 heteroatoms. The first kappa shape index (κ1) is 54.1. The van der Waals surface area contributed by atoms with Crippen LogP contribution in [-0.4, -0.2) is 121 Å². The van der Waals surface area contributed by atoms with Crippen molar-refractivity contribution in [3.8, 4) is 0 Å². The third kappa shape index (κ3) is 22.8. The van der Waals surface area contributed by atoms with Crippen molar-refractivity contribution in [2.75, 3.05) is 46.1 Å². The predicted octanol–water partition coefficient (Wildman–Crippen LogP) is 1.65. The molecule has 0 bridgehead atoms. The summed E-state index contributed by atoms with van der Waals surface area (Å²) in [4.78, 5) is 93.4. The van der Waals surface area contributed by atoms with Gasteiger partial charge in [-0.1, -0.05) is 65.0 Å². The van der Waals surface area contributed by atoms with Crippen LogP contribution in [0, 0.1) is 17.8 Å². The van der Waals surface area contributed by atoms with Crippen LogP contribution in [0.4, 0.5) is 0 Å². The van der Waals surface area contributed by atoms with Gasteiger partial charge in [0.05, 0.1) is 50.2 Å². The number of amides is 3. The number of aromatic amines is 1. The number of imidazole rings is 1. The third-order valence-electron chi connectivity index (χ3n) is 10.4. The number of hydrogen-bond acceptors (Lipinski definition) is 12. The Labute approximate surface area is 372 Å². The first-order valence-corrected chi connectivity index (χ1v) is 22.3. The van der Waals surface area contributed by atoms with Gasteiger partial charge in [-0.3, -0.25) is 33.8 Å². The van der Waals surface area contributed by atoms with E-state index in [4.69, 9.17) is 26.7 Å². The summed E-state index contributed by atoms with van der Waals surface area (Å²) < 4.78 is 11.0. The Hall–Kier alpha value is -5.04. The molecule has 5 atom stereocenters. The minimum atomic E-state index is -1.02. The first-order chi connectivity index (χ1) is 30.1. The molecule has 0 saturated heterocycles. The Kier molecular flexibility index (Phi) is 26.5. The quantitative estimate of drug-likeness (QED) is 0.0278. The molecule has 1 aromatic heterocycles. The second kappa shape index (κ2) is 30.9. The number of carbonyl (C=O) groups excluding carboxylic acids is 6. The zero-order valence-corrected chi connectivity index (χ0v) is 38.0. The Morgan fingerprint density at radius 3 is 2.11 bits per heavy atom. The van der Waals surface area contributed by atoms with E-state index >= 15 is 0 Å². The predicted molar refractivity (Wildman–Crippen MR) is 242 cm³/mol. The first-order valence-electron chi connectivity index (χ1n) is 22.3. The number of rotatable bonds is 35. The van der Waals surface area contributed by atoms with Crippen molar-refractivity contribution < 1.29 is 38.2 Å². The third-order valence-corrected chi connectivity index (χ3v) is 10.4. The number of carbonyl (C=O) groups is 6. The van der Waals surface area contributed by atoms with E-state index in [0.29, 0.717) is 63.7 Å². The molecule has 0 aliphatic rings. The lowest BCUT2D eigenvalue weighted by Crippen LogP contribution is -2.50. The Bertz CT molecular complexity index is 1690. The minimum Gasteiger partial charge on any atom is -0.378 e. The number of nitrogens with one attached hydrogen (secondary N) is 5. The maximum atomic E-state index is 14.2. The van der Waals surface area contributed by atoms with Gasteiger partial charge in [0.2, 0.25) is 17.7 Å². The maximum absolute atomic E-state index is 14.2. The molecule has 352 valence electrons. The smallest absolute Gasteiger partial charge is 0.246 e. The van der Waals surface area contributed by atoms with Crippen LogP contribution in [0.5, 0.6) is 0 Å². The molecule has 3 amide bonds. The molecule has 2 aromatic rings. The highest BCUT2D eigenvalue weighted by Crippen LogP contribution is 2.20. The SMILES string of the molecule is CCC(=O)[C@H](Cc1ccccc1)NC(=O)[C@@H](CC(=O)[C@@H](NC(=O)[C@H](CCCN=C(N)N)CC(=O)[C@H](CCCCN)NC(=O)COCCOCCNC(C)C)C(C)C)Cc1cnc[nH]1. The van der Waals surface area contributed by atoms with Crippen LogP contribution in [0.2, 0.25) is 0 Å². The zero-order chi connectivity index (χ0) is 46.6. The van der Waals surface area contributed by atoms with Crippen LogP contribution in [0.3, 0.4) is 0 Å². The molecule has 0 saturated carbocycles. The number of Topliss-reactive ketones (excluding diaryl/α,β-unsaturated/α-hetero) is 3. The molecule has 0 unspecified atom stereocenters. The molecule has 1 heterocycles. The second-order valence-corrected chi connectivity index (χ2v) is 16.4. The number of benzene rings is 1. The van der Waals surface area contributed by atoms with Gasteiger partial charge < -0.3 is 52.9 Å². The number of hydrogen-bond donors (Lipinski definition) is 8. The van der Waals surface area contributed by atoms with E-state index < -0.39 is 59.4 Å². The lowest BCUT2D eigenvalue weighted by atomic mass is 9.87. The molecule has 0 radical (unpaired) electrons. The summed E-state index contributed by atoms with van der Waals surface area (Å²) in [5.74, 6) is -4.72. The second-order valence-electron chi connectivity index (χ2n) is 16.4. The molecular weight excluding hydrogens is 809 g/mol. The fourth-order valence-electron chi connectivity index (χ4n) is 6.91. The lowest BCUT2D eigenvalue weighted by Gasteiger charge is -2.27. The molecular formula is C45H74N10O8. The van der Waals surface area contributed by atoms with Gasteiger partial charge in [0, 0.05) is 62.6 Å². The Balaban J connectivity index is 2.24. The monoisotopic (exact) mass is 883 g/mol. The van der Waals surface area contributed by atoms with Crippen molar-refractivity contribution in [2.24, 2.45) is 39.9 Å². The summed E-state index contributed by atoms with van der Waals surface area (Å²) in [6, 6.07) is 6.96. The van der Waals surface area contributed by atoms with E-state index in [9.17, 15) is 28.8 Å². The number of guanidine groups is 1. The average molecular weight is 883 g/mol. The number of nitrogens with two attached hydrogens (primary N) is 3. The molecule has 11 N–H and O–H groups in total. The van der Waals surface area contributed by atoms with Crippen molar-refractivity contribution >= 4 is 41.0 Å². The van der Waals surface area contributed by atoms with Gasteiger partial charge in [-0.15, -0.1) is 0 Å². The van der Waals surface area contributed by atoms with Gasteiger partial charge >= 0.3 is 0 Å². The van der Waals surface area contributed by atoms with E-state index in [1.165, 1.54) is 6.33 Å².